The minimum absolute atomic E-state index is 0.408. The van der Waals surface area contributed by atoms with Gasteiger partial charge in [0.1, 0.15) is 0 Å². The van der Waals surface area contributed by atoms with Crippen LogP contribution in [0.2, 0.25) is 0 Å². The zero-order chi connectivity index (χ0) is 10.4. The number of hydrogen-bond acceptors (Lipinski definition) is 5. The Hall–Kier alpha value is -1.30. The van der Waals surface area contributed by atoms with Gasteiger partial charge >= 0.3 is 6.09 Å². The molecule has 6 heteroatoms. The van der Waals surface area contributed by atoms with Gasteiger partial charge in [0, 0.05) is 25.4 Å². The smallest absolute Gasteiger partial charge is 0.406 e. The zero-order valence-electron chi connectivity index (χ0n) is 8.16. The average Bonchev–Trinajstić information content (AvgIpc) is 2.65. The van der Waals surface area contributed by atoms with Gasteiger partial charge in [0.05, 0.1) is 12.8 Å². The van der Waals surface area contributed by atoms with E-state index >= 15 is 0 Å². The summed E-state index contributed by atoms with van der Waals surface area (Å²) in [6.45, 7) is 0.541. The quantitative estimate of drug-likeness (QED) is 0.789. The predicted molar refractivity (Wildman–Crippen MR) is 55.8 cm³/mol. The second-order valence-corrected chi connectivity index (χ2v) is 3.42. The number of nitrogens with one attached hydrogen (secondary N) is 2. The summed E-state index contributed by atoms with van der Waals surface area (Å²) in [6.07, 6.45) is 0.307. The van der Waals surface area contributed by atoms with E-state index in [4.69, 9.17) is 0 Å². The number of ether oxygens (including phenoxy) is 1. The molecule has 0 bridgehead atoms. The second-order valence-electron chi connectivity index (χ2n) is 2.56. The van der Waals surface area contributed by atoms with E-state index in [1.165, 1.54) is 7.11 Å². The van der Waals surface area contributed by atoms with E-state index in [1.54, 1.807) is 11.3 Å². The Morgan fingerprint density at radius 3 is 3.07 bits per heavy atom. The summed E-state index contributed by atoms with van der Waals surface area (Å²) >= 11 is 1.55. The SMILES string of the molecule is CNc1nc(CCNC(=O)OC)cs1. The molecule has 1 rings (SSSR count). The van der Waals surface area contributed by atoms with Gasteiger partial charge < -0.3 is 15.4 Å². The highest BCUT2D eigenvalue weighted by Gasteiger charge is 2.01. The van der Waals surface area contributed by atoms with Crippen molar-refractivity contribution in [2.75, 3.05) is 26.0 Å². The maximum atomic E-state index is 10.7. The lowest BCUT2D eigenvalue weighted by Gasteiger charge is -2.00. The summed E-state index contributed by atoms with van der Waals surface area (Å²) in [6, 6.07) is 0. The first kappa shape index (κ1) is 10.8. The number of methoxy groups -OCH3 is 1. The molecule has 5 nitrogen and oxygen atoms in total. The fourth-order valence-electron chi connectivity index (χ4n) is 0.901. The van der Waals surface area contributed by atoms with Crippen LogP contribution in [0, 0.1) is 0 Å². The van der Waals surface area contributed by atoms with Gasteiger partial charge in [0.25, 0.3) is 0 Å². The number of carbonyl (C=O) groups excluding carboxylic acids is 1. The molecule has 14 heavy (non-hydrogen) atoms. The third-order valence-corrected chi connectivity index (χ3v) is 2.51. The average molecular weight is 215 g/mol. The van der Waals surface area contributed by atoms with Gasteiger partial charge in [-0.2, -0.15) is 0 Å². The highest BCUT2D eigenvalue weighted by atomic mass is 32.1. The number of rotatable bonds is 4. The summed E-state index contributed by atoms with van der Waals surface area (Å²) in [4.78, 5) is 15.0. The van der Waals surface area contributed by atoms with Gasteiger partial charge in [-0.1, -0.05) is 0 Å². The van der Waals surface area contributed by atoms with Gasteiger partial charge in [0.15, 0.2) is 5.13 Å². The van der Waals surface area contributed by atoms with Crippen LogP contribution >= 0.6 is 11.3 Å². The monoisotopic (exact) mass is 215 g/mol. The zero-order valence-corrected chi connectivity index (χ0v) is 8.98. The van der Waals surface area contributed by atoms with E-state index in [1.807, 2.05) is 12.4 Å². The van der Waals surface area contributed by atoms with Gasteiger partial charge in [-0.05, 0) is 0 Å². The number of hydrogen-bond donors (Lipinski definition) is 2. The molecule has 2 N–H and O–H groups in total. The lowest BCUT2D eigenvalue weighted by atomic mass is 10.3. The third-order valence-electron chi connectivity index (χ3n) is 1.60. The minimum Gasteiger partial charge on any atom is -0.453 e. The van der Waals surface area contributed by atoms with Crippen LogP contribution in [0.5, 0.6) is 0 Å². The molecule has 1 aromatic rings. The molecule has 0 aromatic carbocycles. The Morgan fingerprint density at radius 2 is 2.50 bits per heavy atom. The normalized spacial score (nSPS) is 9.57. The molecule has 0 fully saturated rings. The van der Waals surface area contributed by atoms with Crippen molar-refractivity contribution in [2.45, 2.75) is 6.42 Å². The standard InChI is InChI=1S/C8H13N3O2S/c1-9-7-11-6(5-14-7)3-4-10-8(12)13-2/h5H,3-4H2,1-2H3,(H,9,11)(H,10,12). The molecule has 0 saturated heterocycles. The van der Waals surface area contributed by atoms with E-state index in [9.17, 15) is 4.79 Å². The molecule has 0 saturated carbocycles. The number of amides is 1. The molecule has 78 valence electrons. The molecule has 0 aliphatic rings. The third kappa shape index (κ3) is 3.21. The fraction of sp³-hybridized carbons (Fsp3) is 0.500. The molecule has 0 aliphatic carbocycles. The fourth-order valence-corrected chi connectivity index (χ4v) is 1.61. The van der Waals surface area contributed by atoms with E-state index < -0.39 is 6.09 Å². The van der Waals surface area contributed by atoms with Crippen LogP contribution in [0.4, 0.5) is 9.93 Å². The largest absolute Gasteiger partial charge is 0.453 e. The number of thiazole rings is 1. The van der Waals surface area contributed by atoms with Gasteiger partial charge in [-0.25, -0.2) is 9.78 Å². The summed E-state index contributed by atoms with van der Waals surface area (Å²) < 4.78 is 4.43. The molecular formula is C8H13N3O2S. The van der Waals surface area contributed by atoms with Crippen LogP contribution in [-0.2, 0) is 11.2 Å². The molecule has 1 heterocycles. The van der Waals surface area contributed by atoms with E-state index in [2.05, 4.69) is 20.4 Å². The van der Waals surface area contributed by atoms with Crippen LogP contribution < -0.4 is 10.6 Å². The van der Waals surface area contributed by atoms with Crippen LogP contribution in [-0.4, -0.2) is 31.8 Å². The Morgan fingerprint density at radius 1 is 1.71 bits per heavy atom. The highest BCUT2D eigenvalue weighted by Crippen LogP contribution is 2.14. The predicted octanol–water partition coefficient (Wildman–Crippen LogP) is 1.08. The second kappa shape index (κ2) is 5.43. The van der Waals surface area contributed by atoms with Crippen LogP contribution in [0.25, 0.3) is 0 Å². The maximum absolute atomic E-state index is 10.7. The maximum Gasteiger partial charge on any atom is 0.406 e. The minimum atomic E-state index is -0.408. The van der Waals surface area contributed by atoms with E-state index in [0.29, 0.717) is 13.0 Å². The molecule has 1 amide bonds. The molecule has 0 aliphatic heterocycles. The van der Waals surface area contributed by atoms with Crippen LogP contribution in [0.15, 0.2) is 5.38 Å². The Kier molecular flexibility index (Phi) is 4.18. The number of aromatic nitrogens is 1. The Bertz CT molecular complexity index is 301. The first-order valence-electron chi connectivity index (χ1n) is 4.20. The molecule has 0 atom stereocenters. The van der Waals surface area contributed by atoms with Crippen molar-refractivity contribution < 1.29 is 9.53 Å². The topological polar surface area (TPSA) is 63.2 Å². The van der Waals surface area contributed by atoms with Crippen molar-refractivity contribution in [3.05, 3.63) is 11.1 Å². The number of anilines is 1. The van der Waals surface area contributed by atoms with Crippen molar-refractivity contribution >= 4 is 22.6 Å². The lowest BCUT2D eigenvalue weighted by molar-refractivity contribution is 0.171. The van der Waals surface area contributed by atoms with Crippen molar-refractivity contribution in [1.82, 2.24) is 10.3 Å². The first-order valence-corrected chi connectivity index (χ1v) is 5.08. The van der Waals surface area contributed by atoms with Gasteiger partial charge in [-0.3, -0.25) is 0 Å². The Balaban J connectivity index is 2.27. The van der Waals surface area contributed by atoms with Gasteiger partial charge in [-0.15, -0.1) is 11.3 Å². The van der Waals surface area contributed by atoms with Crippen LogP contribution in [0.3, 0.4) is 0 Å². The van der Waals surface area contributed by atoms with Gasteiger partial charge in [0.2, 0.25) is 0 Å². The number of alkyl carbamates (subject to hydrolysis) is 1. The van der Waals surface area contributed by atoms with E-state index in [-0.39, 0.29) is 0 Å². The van der Waals surface area contributed by atoms with Crippen molar-refractivity contribution in [3.63, 3.8) is 0 Å². The highest BCUT2D eigenvalue weighted by molar-refractivity contribution is 7.13. The molecular weight excluding hydrogens is 202 g/mol. The van der Waals surface area contributed by atoms with Crippen molar-refractivity contribution in [2.24, 2.45) is 0 Å². The van der Waals surface area contributed by atoms with Crippen molar-refractivity contribution in [1.29, 1.82) is 0 Å². The van der Waals surface area contributed by atoms with E-state index in [0.717, 1.165) is 10.8 Å². The summed E-state index contributed by atoms with van der Waals surface area (Å²) in [7, 11) is 3.17. The summed E-state index contributed by atoms with van der Waals surface area (Å²) in [5.41, 5.74) is 0.968. The molecule has 0 radical (unpaired) electrons. The molecule has 0 unspecified atom stereocenters. The lowest BCUT2D eigenvalue weighted by Crippen LogP contribution is -2.25. The summed E-state index contributed by atoms with van der Waals surface area (Å²) in [5, 5.41) is 8.39. The Labute approximate surface area is 86.5 Å². The van der Waals surface area contributed by atoms with Crippen molar-refractivity contribution in [3.8, 4) is 0 Å². The number of nitrogens with zero attached hydrogens (tertiary/aromatic N) is 1. The van der Waals surface area contributed by atoms with Crippen LogP contribution in [0.1, 0.15) is 5.69 Å². The first-order chi connectivity index (χ1) is 6.76. The molecule has 0 spiro atoms. The number of carbonyl (C=O) groups is 1. The summed E-state index contributed by atoms with van der Waals surface area (Å²) in [5.74, 6) is 0. The molecule has 1 aromatic heterocycles.